The van der Waals surface area contributed by atoms with E-state index in [4.69, 9.17) is 4.74 Å². The second-order valence-corrected chi connectivity index (χ2v) is 4.73. The predicted octanol–water partition coefficient (Wildman–Crippen LogP) is 1.22. The van der Waals surface area contributed by atoms with E-state index in [0.29, 0.717) is 0 Å². The van der Waals surface area contributed by atoms with Gasteiger partial charge in [-0.05, 0) is 27.7 Å². The van der Waals surface area contributed by atoms with Gasteiger partial charge in [-0.15, -0.1) is 0 Å². The van der Waals surface area contributed by atoms with Crippen molar-refractivity contribution in [2.45, 2.75) is 39.3 Å². The van der Waals surface area contributed by atoms with Crippen molar-refractivity contribution in [1.29, 1.82) is 0 Å². The molecule has 82 valence electrons. The maximum Gasteiger partial charge on any atom is 0.410 e. The third kappa shape index (κ3) is 3.18. The Labute approximate surface area is 85.6 Å². The quantitative estimate of drug-likeness (QED) is 0.639. The first-order chi connectivity index (χ1) is 6.40. The summed E-state index contributed by atoms with van der Waals surface area (Å²) in [6.45, 7) is 10.1. The first-order valence-corrected chi connectivity index (χ1v) is 5.10. The summed E-state index contributed by atoms with van der Waals surface area (Å²) < 4.78 is 5.31. The highest BCUT2D eigenvalue weighted by molar-refractivity contribution is 5.68. The fraction of sp³-hybridized carbons (Fsp3) is 0.900. The van der Waals surface area contributed by atoms with Crippen LogP contribution in [0.25, 0.3) is 0 Å². The number of carbonyl (C=O) groups is 1. The molecule has 1 heterocycles. The van der Waals surface area contributed by atoms with E-state index in [1.54, 1.807) is 4.90 Å². The minimum atomic E-state index is -0.401. The van der Waals surface area contributed by atoms with Crippen molar-refractivity contribution < 1.29 is 9.53 Å². The molecule has 14 heavy (non-hydrogen) atoms. The SMILES string of the molecule is CC1CNCCN1C(=O)OC(C)(C)C. The van der Waals surface area contributed by atoms with Crippen LogP contribution in [-0.2, 0) is 4.74 Å². The van der Waals surface area contributed by atoms with E-state index in [9.17, 15) is 4.79 Å². The number of amides is 1. The van der Waals surface area contributed by atoms with Gasteiger partial charge in [0.1, 0.15) is 5.60 Å². The van der Waals surface area contributed by atoms with Crippen LogP contribution >= 0.6 is 0 Å². The summed E-state index contributed by atoms with van der Waals surface area (Å²) in [4.78, 5) is 13.5. The highest BCUT2D eigenvalue weighted by Crippen LogP contribution is 2.12. The lowest BCUT2D eigenvalue weighted by Gasteiger charge is -2.35. The molecule has 1 aliphatic heterocycles. The molecule has 1 atom stereocenters. The third-order valence-electron chi connectivity index (χ3n) is 2.13. The monoisotopic (exact) mass is 200 g/mol. The number of hydrogen-bond donors (Lipinski definition) is 1. The number of ether oxygens (including phenoxy) is 1. The molecule has 1 aliphatic rings. The van der Waals surface area contributed by atoms with Crippen LogP contribution in [0.15, 0.2) is 0 Å². The number of carbonyl (C=O) groups excluding carboxylic acids is 1. The highest BCUT2D eigenvalue weighted by Gasteiger charge is 2.27. The molecular weight excluding hydrogens is 180 g/mol. The molecule has 0 bridgehead atoms. The van der Waals surface area contributed by atoms with Crippen LogP contribution in [0.5, 0.6) is 0 Å². The number of piperazine rings is 1. The number of nitrogens with zero attached hydrogens (tertiary/aromatic N) is 1. The van der Waals surface area contributed by atoms with Crippen molar-refractivity contribution in [3.05, 3.63) is 0 Å². The van der Waals surface area contributed by atoms with Gasteiger partial charge in [0.25, 0.3) is 0 Å². The molecule has 0 saturated carbocycles. The molecule has 1 N–H and O–H groups in total. The van der Waals surface area contributed by atoms with Crippen LogP contribution in [0, 0.1) is 0 Å². The topological polar surface area (TPSA) is 41.6 Å². The average molecular weight is 200 g/mol. The minimum Gasteiger partial charge on any atom is -0.444 e. The van der Waals surface area contributed by atoms with E-state index in [1.165, 1.54) is 0 Å². The van der Waals surface area contributed by atoms with Gasteiger partial charge in [-0.25, -0.2) is 4.79 Å². The predicted molar refractivity (Wildman–Crippen MR) is 55.3 cm³/mol. The standard InChI is InChI=1S/C10H20N2O2/c1-8-7-11-5-6-12(8)9(13)14-10(2,3)4/h8,11H,5-7H2,1-4H3. The summed E-state index contributed by atoms with van der Waals surface area (Å²) in [5, 5.41) is 3.23. The van der Waals surface area contributed by atoms with Crippen molar-refractivity contribution in [3.8, 4) is 0 Å². The Morgan fingerprint density at radius 2 is 2.14 bits per heavy atom. The van der Waals surface area contributed by atoms with E-state index in [-0.39, 0.29) is 12.1 Å². The van der Waals surface area contributed by atoms with Crippen molar-refractivity contribution in [1.82, 2.24) is 10.2 Å². The summed E-state index contributed by atoms with van der Waals surface area (Å²) >= 11 is 0. The van der Waals surface area contributed by atoms with Gasteiger partial charge in [-0.1, -0.05) is 0 Å². The number of rotatable bonds is 0. The van der Waals surface area contributed by atoms with Crippen LogP contribution in [0.3, 0.4) is 0 Å². The molecule has 1 saturated heterocycles. The molecule has 0 aromatic heterocycles. The summed E-state index contributed by atoms with van der Waals surface area (Å²) in [6, 6.07) is 0.221. The fourth-order valence-electron chi connectivity index (χ4n) is 1.43. The molecule has 1 amide bonds. The lowest BCUT2D eigenvalue weighted by molar-refractivity contribution is 0.0141. The second-order valence-electron chi connectivity index (χ2n) is 4.73. The fourth-order valence-corrected chi connectivity index (χ4v) is 1.43. The zero-order chi connectivity index (χ0) is 10.8. The molecule has 1 fully saturated rings. The molecule has 4 heteroatoms. The van der Waals surface area contributed by atoms with Crippen LogP contribution < -0.4 is 5.32 Å². The lowest BCUT2D eigenvalue weighted by atomic mass is 10.2. The molecule has 0 radical (unpaired) electrons. The Bertz CT molecular complexity index is 211. The number of nitrogens with one attached hydrogen (secondary N) is 1. The van der Waals surface area contributed by atoms with Crippen molar-refractivity contribution in [2.24, 2.45) is 0 Å². The van der Waals surface area contributed by atoms with Crippen molar-refractivity contribution >= 4 is 6.09 Å². The Morgan fingerprint density at radius 3 is 2.64 bits per heavy atom. The minimum absolute atomic E-state index is 0.202. The smallest absolute Gasteiger partial charge is 0.410 e. The Hall–Kier alpha value is -0.770. The van der Waals surface area contributed by atoms with E-state index < -0.39 is 5.60 Å². The van der Waals surface area contributed by atoms with Gasteiger partial charge >= 0.3 is 6.09 Å². The molecule has 1 rings (SSSR count). The van der Waals surface area contributed by atoms with Gasteiger partial charge in [-0.3, -0.25) is 0 Å². The van der Waals surface area contributed by atoms with Crippen molar-refractivity contribution in [3.63, 3.8) is 0 Å². The van der Waals surface area contributed by atoms with Gasteiger partial charge < -0.3 is 15.0 Å². The first kappa shape index (κ1) is 11.3. The Morgan fingerprint density at radius 1 is 1.50 bits per heavy atom. The summed E-state index contributed by atoms with van der Waals surface area (Å²) in [6.07, 6.45) is -0.202. The largest absolute Gasteiger partial charge is 0.444 e. The van der Waals surface area contributed by atoms with E-state index in [1.807, 2.05) is 27.7 Å². The van der Waals surface area contributed by atoms with Crippen LogP contribution in [0.1, 0.15) is 27.7 Å². The Balaban J connectivity index is 2.50. The lowest BCUT2D eigenvalue weighted by Crippen LogP contribution is -2.53. The van der Waals surface area contributed by atoms with Gasteiger partial charge in [0, 0.05) is 25.7 Å². The van der Waals surface area contributed by atoms with E-state index in [2.05, 4.69) is 5.32 Å². The van der Waals surface area contributed by atoms with Crippen LogP contribution in [0.2, 0.25) is 0 Å². The normalized spacial score (nSPS) is 23.4. The molecule has 0 aromatic rings. The average Bonchev–Trinajstić information content (AvgIpc) is 2.01. The van der Waals surface area contributed by atoms with Gasteiger partial charge in [0.05, 0.1) is 0 Å². The van der Waals surface area contributed by atoms with Gasteiger partial charge in [0.15, 0.2) is 0 Å². The zero-order valence-corrected chi connectivity index (χ0v) is 9.46. The summed E-state index contributed by atoms with van der Waals surface area (Å²) in [5.74, 6) is 0. The first-order valence-electron chi connectivity index (χ1n) is 5.10. The van der Waals surface area contributed by atoms with Gasteiger partial charge in [-0.2, -0.15) is 0 Å². The van der Waals surface area contributed by atoms with Crippen LogP contribution in [-0.4, -0.2) is 42.3 Å². The molecule has 0 aliphatic carbocycles. The Kier molecular flexibility index (Phi) is 3.37. The highest BCUT2D eigenvalue weighted by atomic mass is 16.6. The third-order valence-corrected chi connectivity index (χ3v) is 2.13. The summed E-state index contributed by atoms with van der Waals surface area (Å²) in [7, 11) is 0. The molecule has 0 spiro atoms. The van der Waals surface area contributed by atoms with Crippen LogP contribution in [0.4, 0.5) is 4.79 Å². The number of hydrogen-bond acceptors (Lipinski definition) is 3. The molecular formula is C10H20N2O2. The maximum atomic E-state index is 11.7. The maximum absolute atomic E-state index is 11.7. The second kappa shape index (κ2) is 4.17. The van der Waals surface area contributed by atoms with Gasteiger partial charge in [0.2, 0.25) is 0 Å². The molecule has 1 unspecified atom stereocenters. The van der Waals surface area contributed by atoms with Crippen molar-refractivity contribution in [2.75, 3.05) is 19.6 Å². The molecule has 4 nitrogen and oxygen atoms in total. The summed E-state index contributed by atoms with van der Waals surface area (Å²) in [5.41, 5.74) is -0.401. The van der Waals surface area contributed by atoms with E-state index >= 15 is 0 Å². The zero-order valence-electron chi connectivity index (χ0n) is 9.46. The molecule has 0 aromatic carbocycles. The van der Waals surface area contributed by atoms with E-state index in [0.717, 1.165) is 19.6 Å².